The summed E-state index contributed by atoms with van der Waals surface area (Å²) < 4.78 is 30.6. The summed E-state index contributed by atoms with van der Waals surface area (Å²) in [6.07, 6.45) is 1.32. The molecule has 0 bridgehead atoms. The van der Waals surface area contributed by atoms with Crippen molar-refractivity contribution < 1.29 is 22.8 Å². The van der Waals surface area contributed by atoms with Crippen LogP contribution in [0.15, 0.2) is 33.2 Å². The summed E-state index contributed by atoms with van der Waals surface area (Å²) in [7, 11) is -3.87. The van der Waals surface area contributed by atoms with E-state index >= 15 is 0 Å². The van der Waals surface area contributed by atoms with Gasteiger partial charge in [0.15, 0.2) is 0 Å². The van der Waals surface area contributed by atoms with Gasteiger partial charge in [0.25, 0.3) is 0 Å². The summed E-state index contributed by atoms with van der Waals surface area (Å²) in [4.78, 5) is 10.4. The molecular formula is C9H8N2O5S2. The minimum absolute atomic E-state index is 0.0618. The van der Waals surface area contributed by atoms with Crippen LogP contribution in [0.5, 0.6) is 0 Å². The molecule has 0 atom stereocenters. The number of nitrogens with zero attached hydrogens (tertiary/aromatic N) is 1. The minimum atomic E-state index is -3.87. The lowest BCUT2D eigenvalue weighted by Gasteiger charge is -2.04. The highest BCUT2D eigenvalue weighted by Gasteiger charge is 2.23. The Morgan fingerprint density at radius 3 is 2.89 bits per heavy atom. The lowest BCUT2D eigenvalue weighted by atomic mass is 10.4. The molecular weight excluding hydrogens is 280 g/mol. The molecule has 0 amide bonds. The maximum atomic E-state index is 11.9. The Morgan fingerprint density at radius 1 is 1.50 bits per heavy atom. The first-order chi connectivity index (χ1) is 8.50. The molecule has 18 heavy (non-hydrogen) atoms. The fraction of sp³-hybridized carbons (Fsp3) is 0.111. The first kappa shape index (κ1) is 12.7. The standard InChI is InChI=1S/C9H8N2O5S2/c12-9(13)8-7(2-4-17-8)18(14,15)10-5-6-1-3-16-11-6/h1-4,10H,5H2,(H,12,13). The molecule has 0 saturated heterocycles. The Bertz CT molecular complexity index is 644. The average Bonchev–Trinajstić information content (AvgIpc) is 2.98. The second-order valence-corrected chi connectivity index (χ2v) is 5.89. The van der Waals surface area contributed by atoms with Crippen LogP contribution in [0.2, 0.25) is 0 Å². The summed E-state index contributed by atoms with van der Waals surface area (Å²) >= 11 is 0.855. The number of aromatic carboxylic acids is 1. The molecule has 96 valence electrons. The van der Waals surface area contributed by atoms with E-state index in [1.807, 2.05) is 0 Å². The van der Waals surface area contributed by atoms with Crippen molar-refractivity contribution in [2.45, 2.75) is 11.4 Å². The number of thiophene rings is 1. The van der Waals surface area contributed by atoms with Gasteiger partial charge in [-0.2, -0.15) is 0 Å². The van der Waals surface area contributed by atoms with E-state index in [2.05, 4.69) is 14.4 Å². The fourth-order valence-electron chi connectivity index (χ4n) is 1.24. The van der Waals surface area contributed by atoms with E-state index in [0.717, 1.165) is 11.3 Å². The molecule has 2 aromatic heterocycles. The monoisotopic (exact) mass is 288 g/mol. The number of aromatic nitrogens is 1. The topological polar surface area (TPSA) is 110 Å². The second kappa shape index (κ2) is 4.88. The highest BCUT2D eigenvalue weighted by molar-refractivity contribution is 7.89. The first-order valence-corrected chi connectivity index (χ1v) is 7.06. The van der Waals surface area contributed by atoms with E-state index in [0.29, 0.717) is 5.69 Å². The number of nitrogens with one attached hydrogen (secondary N) is 1. The van der Waals surface area contributed by atoms with Crippen LogP contribution < -0.4 is 4.72 Å². The zero-order valence-electron chi connectivity index (χ0n) is 8.86. The molecule has 0 aromatic carbocycles. The van der Waals surface area contributed by atoms with E-state index in [9.17, 15) is 13.2 Å². The zero-order chi connectivity index (χ0) is 13.2. The third-order valence-corrected chi connectivity index (χ3v) is 4.52. The predicted molar refractivity (Wildman–Crippen MR) is 61.8 cm³/mol. The van der Waals surface area contributed by atoms with Crippen molar-refractivity contribution in [3.8, 4) is 0 Å². The average molecular weight is 288 g/mol. The molecule has 0 spiro atoms. The molecule has 0 fully saturated rings. The van der Waals surface area contributed by atoms with Gasteiger partial charge in [0.05, 0.1) is 12.2 Å². The summed E-state index contributed by atoms with van der Waals surface area (Å²) in [6.45, 7) is -0.0618. The summed E-state index contributed by atoms with van der Waals surface area (Å²) in [5.74, 6) is -1.27. The molecule has 2 aromatic rings. The molecule has 7 nitrogen and oxygen atoms in total. The van der Waals surface area contributed by atoms with Crippen LogP contribution in [0, 0.1) is 0 Å². The number of rotatable bonds is 5. The molecule has 0 aliphatic carbocycles. The Hall–Kier alpha value is -1.71. The maximum absolute atomic E-state index is 11.9. The number of carboxylic acids is 1. The van der Waals surface area contributed by atoms with Crippen molar-refractivity contribution in [2.75, 3.05) is 0 Å². The second-order valence-electron chi connectivity index (χ2n) is 3.23. The Morgan fingerprint density at radius 2 is 2.28 bits per heavy atom. The van der Waals surface area contributed by atoms with Crippen LogP contribution in [-0.4, -0.2) is 24.7 Å². The summed E-state index contributed by atoms with van der Waals surface area (Å²) in [6, 6.07) is 2.76. The molecule has 2 rings (SSSR count). The molecule has 2 N–H and O–H groups in total. The summed E-state index contributed by atoms with van der Waals surface area (Å²) in [5.41, 5.74) is 0.408. The van der Waals surface area contributed by atoms with E-state index < -0.39 is 16.0 Å². The van der Waals surface area contributed by atoms with Gasteiger partial charge in [-0.15, -0.1) is 11.3 Å². The van der Waals surface area contributed by atoms with Crippen molar-refractivity contribution in [3.05, 3.63) is 34.3 Å². The van der Waals surface area contributed by atoms with E-state index in [1.54, 1.807) is 0 Å². The lowest BCUT2D eigenvalue weighted by Crippen LogP contribution is -2.24. The smallest absolute Gasteiger partial charge is 0.347 e. The van der Waals surface area contributed by atoms with Crippen LogP contribution in [-0.2, 0) is 16.6 Å². The van der Waals surface area contributed by atoms with Crippen molar-refractivity contribution in [1.29, 1.82) is 0 Å². The van der Waals surface area contributed by atoms with Crippen molar-refractivity contribution in [3.63, 3.8) is 0 Å². The minimum Gasteiger partial charge on any atom is -0.477 e. The highest BCUT2D eigenvalue weighted by Crippen LogP contribution is 2.21. The third kappa shape index (κ3) is 2.58. The van der Waals surface area contributed by atoms with Gasteiger partial charge in [0.1, 0.15) is 16.0 Å². The van der Waals surface area contributed by atoms with Gasteiger partial charge in [0.2, 0.25) is 10.0 Å². The Kier molecular flexibility index (Phi) is 3.45. The van der Waals surface area contributed by atoms with Gasteiger partial charge in [-0.05, 0) is 11.4 Å². The van der Waals surface area contributed by atoms with E-state index in [1.165, 1.54) is 23.8 Å². The van der Waals surface area contributed by atoms with E-state index in [-0.39, 0.29) is 16.3 Å². The van der Waals surface area contributed by atoms with Crippen molar-refractivity contribution >= 4 is 27.3 Å². The molecule has 0 saturated carbocycles. The quantitative estimate of drug-likeness (QED) is 0.846. The Balaban J connectivity index is 2.20. The van der Waals surface area contributed by atoms with Gasteiger partial charge in [-0.3, -0.25) is 0 Å². The highest BCUT2D eigenvalue weighted by atomic mass is 32.2. The van der Waals surface area contributed by atoms with E-state index in [4.69, 9.17) is 5.11 Å². The fourth-order valence-corrected chi connectivity index (χ4v) is 3.50. The van der Waals surface area contributed by atoms with Crippen LogP contribution >= 0.6 is 11.3 Å². The van der Waals surface area contributed by atoms with Crippen LogP contribution in [0.4, 0.5) is 0 Å². The number of hydrogen-bond donors (Lipinski definition) is 2. The summed E-state index contributed by atoms with van der Waals surface area (Å²) in [5, 5.41) is 13.8. The van der Waals surface area contributed by atoms with Crippen LogP contribution in [0.1, 0.15) is 15.4 Å². The van der Waals surface area contributed by atoms with Crippen LogP contribution in [0.25, 0.3) is 0 Å². The molecule has 0 unspecified atom stereocenters. The normalized spacial score (nSPS) is 11.6. The molecule has 0 aliphatic heterocycles. The maximum Gasteiger partial charge on any atom is 0.347 e. The first-order valence-electron chi connectivity index (χ1n) is 4.70. The number of hydrogen-bond acceptors (Lipinski definition) is 6. The third-order valence-electron chi connectivity index (χ3n) is 2.05. The molecule has 0 aliphatic rings. The van der Waals surface area contributed by atoms with Gasteiger partial charge >= 0.3 is 5.97 Å². The van der Waals surface area contributed by atoms with Crippen molar-refractivity contribution in [1.82, 2.24) is 9.88 Å². The number of sulfonamides is 1. The SMILES string of the molecule is O=C(O)c1sccc1S(=O)(=O)NCc1ccon1. The number of carbonyl (C=O) groups is 1. The largest absolute Gasteiger partial charge is 0.477 e. The number of carboxylic acid groups (broad SMARTS) is 1. The van der Waals surface area contributed by atoms with Gasteiger partial charge in [-0.25, -0.2) is 17.9 Å². The van der Waals surface area contributed by atoms with Crippen molar-refractivity contribution in [2.24, 2.45) is 0 Å². The lowest BCUT2D eigenvalue weighted by molar-refractivity contribution is 0.0698. The predicted octanol–water partition coefficient (Wildman–Crippen LogP) is 0.913. The molecule has 9 heteroatoms. The van der Waals surface area contributed by atoms with Gasteiger partial charge < -0.3 is 9.63 Å². The Labute approximate surface area is 106 Å². The zero-order valence-corrected chi connectivity index (χ0v) is 10.5. The molecule has 2 heterocycles. The van der Waals surface area contributed by atoms with Gasteiger partial charge in [-0.1, -0.05) is 5.16 Å². The van der Waals surface area contributed by atoms with Gasteiger partial charge in [0, 0.05) is 6.07 Å². The van der Waals surface area contributed by atoms with Crippen LogP contribution in [0.3, 0.4) is 0 Å². The molecule has 0 radical (unpaired) electrons.